The summed E-state index contributed by atoms with van der Waals surface area (Å²) < 4.78 is 19.7. The van der Waals surface area contributed by atoms with Crippen molar-refractivity contribution < 1.29 is 43.5 Å². The van der Waals surface area contributed by atoms with Gasteiger partial charge in [0.15, 0.2) is 0 Å². The summed E-state index contributed by atoms with van der Waals surface area (Å²) in [6.07, 6.45) is -1.56. The summed E-state index contributed by atoms with van der Waals surface area (Å²) in [4.78, 5) is 41.9. The molecule has 226 valence electrons. The van der Waals surface area contributed by atoms with Crippen LogP contribution in [-0.4, -0.2) is 38.5 Å². The van der Waals surface area contributed by atoms with E-state index in [0.29, 0.717) is 11.4 Å². The lowest BCUT2D eigenvalue weighted by Crippen LogP contribution is -2.25. The van der Waals surface area contributed by atoms with Gasteiger partial charge in [-0.2, -0.15) is 0 Å². The van der Waals surface area contributed by atoms with E-state index in [4.69, 9.17) is 29.8 Å². The zero-order valence-electron chi connectivity index (χ0n) is 23.9. The summed E-state index contributed by atoms with van der Waals surface area (Å²) >= 11 is 0. The Labute approximate surface area is 241 Å². The lowest BCUT2D eigenvalue weighted by atomic mass is 10.2. The number of aromatic hydroxyl groups is 1. The van der Waals surface area contributed by atoms with Gasteiger partial charge >= 0.3 is 12.3 Å². The number of nitrogen functional groups attached to an aromatic ring is 1. The van der Waals surface area contributed by atoms with Crippen LogP contribution in [0.2, 0.25) is 0 Å². The molecule has 0 aliphatic carbocycles. The number of nitrogens with two attached hydrogens (primary N) is 1. The van der Waals surface area contributed by atoms with E-state index >= 15 is 0 Å². The highest BCUT2D eigenvalue weighted by atomic mass is 16.7. The first-order valence-corrected chi connectivity index (χ1v) is 12.2. The van der Waals surface area contributed by atoms with Crippen molar-refractivity contribution in [2.45, 2.75) is 52.7 Å². The summed E-state index contributed by atoms with van der Waals surface area (Å²) in [6.45, 7) is 10.5. The first-order valence-electron chi connectivity index (χ1n) is 12.2. The smallest absolute Gasteiger partial charge is 0.508 e. The van der Waals surface area contributed by atoms with Gasteiger partial charge in [-0.05, 0) is 90.1 Å². The van der Waals surface area contributed by atoms with Gasteiger partial charge in [0.2, 0.25) is 0 Å². The number of benzene rings is 3. The molecule has 14 heteroatoms. The lowest BCUT2D eigenvalue weighted by Gasteiger charge is -2.18. The largest absolute Gasteiger partial charge is 0.514 e. The maximum Gasteiger partial charge on any atom is 0.514 e. The van der Waals surface area contributed by atoms with E-state index in [1.54, 1.807) is 65.8 Å². The monoisotopic (exact) mass is 587 g/mol. The molecule has 42 heavy (non-hydrogen) atoms. The number of rotatable bonds is 4. The highest BCUT2D eigenvalue weighted by Gasteiger charge is 2.19. The van der Waals surface area contributed by atoms with Crippen LogP contribution in [0.15, 0.2) is 72.8 Å². The molecule has 0 aromatic heterocycles. The molecule has 0 aliphatic rings. The summed E-state index contributed by atoms with van der Waals surface area (Å²) in [6, 6.07) is 16.7. The van der Waals surface area contributed by atoms with Crippen LogP contribution in [0.5, 0.6) is 17.2 Å². The summed E-state index contributed by atoms with van der Waals surface area (Å²) in [5, 5.41) is 29.1. The molecule has 0 spiro atoms. The summed E-state index contributed by atoms with van der Waals surface area (Å²) in [5.41, 5.74) is 4.83. The predicted molar refractivity (Wildman–Crippen MR) is 152 cm³/mol. The van der Waals surface area contributed by atoms with Gasteiger partial charge in [0, 0.05) is 30.0 Å². The predicted octanol–water partition coefficient (Wildman–Crippen LogP) is 6.79. The van der Waals surface area contributed by atoms with Gasteiger partial charge in [0.1, 0.15) is 28.5 Å². The van der Waals surface area contributed by atoms with E-state index in [0.717, 1.165) is 0 Å². The standard InChI is InChI=1S/C11H13NO5.C11H15NO3.C6H5NO3/c1-11(2,3)17-10(13)16-9-6-4-8(5-7-9)12(14)15;1-11(2,3)15-10(13)14-9-6-4-8(12)5-7-9;8-6-3-1-5(2-4-6)7(9)10/h4-7H,1-3H3;4-7H,12H2,1-3H3;1-4,8H. The minimum atomic E-state index is -0.841. The number of nitro groups is 2. The molecule has 0 bridgehead atoms. The zero-order valence-corrected chi connectivity index (χ0v) is 23.9. The van der Waals surface area contributed by atoms with Gasteiger partial charge in [0.25, 0.3) is 11.4 Å². The van der Waals surface area contributed by atoms with E-state index in [1.165, 1.54) is 48.5 Å². The average Bonchev–Trinajstić information content (AvgIpc) is 2.84. The van der Waals surface area contributed by atoms with Crippen molar-refractivity contribution in [2.24, 2.45) is 0 Å². The van der Waals surface area contributed by atoms with Crippen molar-refractivity contribution in [3.05, 3.63) is 93.0 Å². The molecule has 3 aromatic rings. The van der Waals surface area contributed by atoms with E-state index < -0.39 is 33.4 Å². The number of hydrogen-bond donors (Lipinski definition) is 2. The topological polar surface area (TPSA) is 204 Å². The second kappa shape index (κ2) is 15.4. The Balaban J connectivity index is 0.000000325. The Hall–Kier alpha value is -5.40. The van der Waals surface area contributed by atoms with Gasteiger partial charge in [-0.3, -0.25) is 20.2 Å². The number of nitrogens with zero attached hydrogens (tertiary/aromatic N) is 2. The van der Waals surface area contributed by atoms with Crippen LogP contribution in [0.4, 0.5) is 26.7 Å². The number of hydrogen-bond acceptors (Lipinski definition) is 12. The van der Waals surface area contributed by atoms with Gasteiger partial charge in [0.05, 0.1) is 9.85 Å². The molecule has 0 heterocycles. The second-order valence-electron chi connectivity index (χ2n) is 10.2. The number of carbonyl (C=O) groups excluding carboxylic acids is 2. The van der Waals surface area contributed by atoms with Crippen LogP contribution < -0.4 is 15.2 Å². The Morgan fingerprint density at radius 1 is 0.643 bits per heavy atom. The molecule has 0 aliphatic heterocycles. The molecule has 0 unspecified atom stereocenters. The number of phenols is 1. The molecule has 0 fully saturated rings. The number of nitro benzene ring substituents is 2. The molecule has 0 amide bonds. The number of ether oxygens (including phenoxy) is 4. The maximum absolute atomic E-state index is 11.3. The van der Waals surface area contributed by atoms with Crippen molar-refractivity contribution in [1.29, 1.82) is 0 Å². The lowest BCUT2D eigenvalue weighted by molar-refractivity contribution is -0.385. The number of non-ortho nitro benzene ring substituents is 2. The minimum Gasteiger partial charge on any atom is -0.508 e. The molecular weight excluding hydrogens is 554 g/mol. The van der Waals surface area contributed by atoms with Crippen LogP contribution in [0.1, 0.15) is 41.5 Å². The third-order valence-electron chi connectivity index (χ3n) is 4.17. The molecule has 3 N–H and O–H groups in total. The van der Waals surface area contributed by atoms with Gasteiger partial charge in [-0.25, -0.2) is 9.59 Å². The molecule has 0 radical (unpaired) electrons. The maximum atomic E-state index is 11.3. The Morgan fingerprint density at radius 3 is 1.26 bits per heavy atom. The third kappa shape index (κ3) is 15.3. The zero-order chi connectivity index (χ0) is 32.1. The highest BCUT2D eigenvalue weighted by Crippen LogP contribution is 2.19. The molecule has 3 rings (SSSR count). The van der Waals surface area contributed by atoms with Gasteiger partial charge in [-0.15, -0.1) is 0 Å². The average molecular weight is 588 g/mol. The normalized spacial score (nSPS) is 10.4. The Kier molecular flexibility index (Phi) is 12.7. The third-order valence-corrected chi connectivity index (χ3v) is 4.17. The van der Waals surface area contributed by atoms with Crippen molar-refractivity contribution >= 4 is 29.4 Å². The fourth-order valence-electron chi connectivity index (χ4n) is 2.48. The fraction of sp³-hybridized carbons (Fsp3) is 0.286. The van der Waals surface area contributed by atoms with Crippen LogP contribution in [0.25, 0.3) is 0 Å². The van der Waals surface area contributed by atoms with Crippen molar-refractivity contribution in [2.75, 3.05) is 5.73 Å². The van der Waals surface area contributed by atoms with Crippen molar-refractivity contribution in [3.63, 3.8) is 0 Å². The number of carbonyl (C=O) groups is 2. The highest BCUT2D eigenvalue weighted by molar-refractivity contribution is 5.65. The number of anilines is 1. The van der Waals surface area contributed by atoms with E-state index in [1.807, 2.05) is 0 Å². The molecular formula is C28H33N3O11. The van der Waals surface area contributed by atoms with E-state index in [-0.39, 0.29) is 22.9 Å². The number of phenolic OH excluding ortho intramolecular Hbond substituents is 1. The van der Waals surface area contributed by atoms with Crippen molar-refractivity contribution in [1.82, 2.24) is 0 Å². The first-order chi connectivity index (χ1) is 19.3. The molecule has 0 saturated heterocycles. The molecule has 14 nitrogen and oxygen atoms in total. The van der Waals surface area contributed by atoms with Gasteiger partial charge < -0.3 is 29.8 Å². The molecule has 3 aromatic carbocycles. The van der Waals surface area contributed by atoms with Crippen LogP contribution >= 0.6 is 0 Å². The minimum absolute atomic E-state index is 0.0159. The second-order valence-corrected chi connectivity index (χ2v) is 10.2. The Morgan fingerprint density at radius 2 is 0.952 bits per heavy atom. The summed E-state index contributed by atoms with van der Waals surface area (Å²) in [5.74, 6) is 0.647. The van der Waals surface area contributed by atoms with Gasteiger partial charge in [-0.1, -0.05) is 0 Å². The molecule has 0 saturated carbocycles. The van der Waals surface area contributed by atoms with Crippen LogP contribution in [0.3, 0.4) is 0 Å². The molecule has 0 atom stereocenters. The van der Waals surface area contributed by atoms with Crippen LogP contribution in [-0.2, 0) is 9.47 Å². The summed E-state index contributed by atoms with van der Waals surface area (Å²) in [7, 11) is 0. The SMILES string of the molecule is CC(C)(C)OC(=O)Oc1ccc(N)cc1.CC(C)(C)OC(=O)Oc1ccc([N+](=O)[O-])cc1.O=[N+]([O-])c1ccc(O)cc1. The van der Waals surface area contributed by atoms with Crippen LogP contribution in [0, 0.1) is 20.2 Å². The quantitative estimate of drug-likeness (QED) is 0.106. The van der Waals surface area contributed by atoms with Crippen molar-refractivity contribution in [3.8, 4) is 17.2 Å². The fourth-order valence-corrected chi connectivity index (χ4v) is 2.48. The first kappa shape index (κ1) is 34.6. The van der Waals surface area contributed by atoms with E-state index in [9.17, 15) is 29.8 Å². The van der Waals surface area contributed by atoms with E-state index in [2.05, 4.69) is 0 Å². The Bertz CT molecular complexity index is 1330.